The summed E-state index contributed by atoms with van der Waals surface area (Å²) < 4.78 is 32.7. The molecule has 0 heterocycles. The van der Waals surface area contributed by atoms with Crippen LogP contribution in [0.15, 0.2) is 0 Å². The van der Waals surface area contributed by atoms with E-state index in [4.69, 9.17) is 0 Å². The summed E-state index contributed by atoms with van der Waals surface area (Å²) in [6.45, 7) is 3.83. The lowest BCUT2D eigenvalue weighted by molar-refractivity contribution is -0.122. The van der Waals surface area contributed by atoms with E-state index in [1.165, 1.54) is 0 Å². The van der Waals surface area contributed by atoms with Crippen LogP contribution >= 0.6 is 0 Å². The number of fused-ring (bicyclic) bond motifs is 2. The van der Waals surface area contributed by atoms with Crippen LogP contribution in [-0.4, -0.2) is 24.5 Å². The van der Waals surface area contributed by atoms with Crippen LogP contribution in [0.4, 0.5) is 0 Å². The number of ketones is 1. The zero-order valence-corrected chi connectivity index (χ0v) is 9.76. The first kappa shape index (κ1) is 11.1. The first-order valence-electron chi connectivity index (χ1n) is 5.14. The molecule has 5 heteroatoms. The van der Waals surface area contributed by atoms with Gasteiger partial charge in [-0.2, -0.15) is 0 Å². The summed E-state index contributed by atoms with van der Waals surface area (Å²) in [7, 11) is -4.25. The fourth-order valence-electron chi connectivity index (χ4n) is 3.46. The monoisotopic (exact) mass is 231 g/mol. The largest absolute Gasteiger partial charge is 0.748 e. The van der Waals surface area contributed by atoms with Gasteiger partial charge in [-0.15, -0.1) is 0 Å². The Kier molecular flexibility index (Phi) is 2.09. The summed E-state index contributed by atoms with van der Waals surface area (Å²) in [5.41, 5.74) is -0.920. The van der Waals surface area contributed by atoms with Gasteiger partial charge in [0.15, 0.2) is 0 Å². The second kappa shape index (κ2) is 2.83. The Morgan fingerprint density at radius 2 is 2.07 bits per heavy atom. The minimum absolute atomic E-state index is 0.0424. The number of Topliss-reactive ketones (excluding diaryl/α,β-unsaturated/α-hetero) is 1. The molecular weight excluding hydrogens is 216 g/mol. The Morgan fingerprint density at radius 3 is 2.40 bits per heavy atom. The molecule has 0 aromatic carbocycles. The highest BCUT2D eigenvalue weighted by Crippen LogP contribution is 2.64. The molecule has 2 aliphatic carbocycles. The summed E-state index contributed by atoms with van der Waals surface area (Å²) in [5, 5.41) is 0. The third kappa shape index (κ3) is 1.44. The van der Waals surface area contributed by atoms with Crippen molar-refractivity contribution in [2.24, 2.45) is 16.7 Å². The van der Waals surface area contributed by atoms with Gasteiger partial charge in [0.1, 0.15) is 5.78 Å². The molecule has 2 rings (SSSR count). The van der Waals surface area contributed by atoms with Gasteiger partial charge >= 0.3 is 0 Å². The lowest BCUT2D eigenvalue weighted by Gasteiger charge is -2.37. The summed E-state index contributed by atoms with van der Waals surface area (Å²) in [6, 6.07) is 0. The molecule has 0 aromatic rings. The SMILES string of the molecule is CC1(C)C2CCC1(CS(=O)(=O)[O-])CC2=O. The number of carbonyl (C=O) groups is 1. The second-order valence-electron chi connectivity index (χ2n) is 5.44. The molecule has 0 N–H and O–H groups in total. The Balaban J connectivity index is 2.40. The van der Waals surface area contributed by atoms with Crippen LogP contribution in [0.25, 0.3) is 0 Å². The van der Waals surface area contributed by atoms with E-state index in [1.807, 2.05) is 13.8 Å². The predicted octanol–water partition coefficient (Wildman–Crippen LogP) is 0.927. The highest BCUT2D eigenvalue weighted by Gasteiger charge is 2.63. The number of hydrogen-bond donors (Lipinski definition) is 0. The fourth-order valence-corrected chi connectivity index (χ4v) is 4.75. The van der Waals surface area contributed by atoms with Crippen LogP contribution in [0.5, 0.6) is 0 Å². The van der Waals surface area contributed by atoms with Crippen molar-refractivity contribution in [2.75, 3.05) is 5.75 Å². The van der Waals surface area contributed by atoms with E-state index in [0.29, 0.717) is 6.42 Å². The van der Waals surface area contributed by atoms with Crippen molar-refractivity contribution in [3.63, 3.8) is 0 Å². The molecule has 4 nitrogen and oxygen atoms in total. The molecule has 0 spiro atoms. The topological polar surface area (TPSA) is 74.3 Å². The predicted molar refractivity (Wildman–Crippen MR) is 53.1 cm³/mol. The summed E-state index contributed by atoms with van der Waals surface area (Å²) >= 11 is 0. The maximum Gasteiger partial charge on any atom is 0.137 e. The lowest BCUT2D eigenvalue weighted by Crippen LogP contribution is -2.37. The number of rotatable bonds is 2. The van der Waals surface area contributed by atoms with Crippen molar-refractivity contribution in [3.05, 3.63) is 0 Å². The standard InChI is InChI=1S/C10H16O4S/c1-9(2)7-3-4-10(9,5-8(7)11)6-15(12,13)14/h7H,3-6H2,1-2H3,(H,12,13,14)/p-1. The van der Waals surface area contributed by atoms with Crippen molar-refractivity contribution >= 4 is 15.9 Å². The van der Waals surface area contributed by atoms with E-state index in [1.54, 1.807) is 0 Å². The number of carbonyl (C=O) groups excluding carboxylic acids is 1. The van der Waals surface area contributed by atoms with E-state index < -0.39 is 15.5 Å². The first-order valence-corrected chi connectivity index (χ1v) is 6.72. The molecular formula is C10H15O4S-. The van der Waals surface area contributed by atoms with Gasteiger partial charge in [-0.25, -0.2) is 8.42 Å². The molecule has 86 valence electrons. The molecule has 2 saturated carbocycles. The molecule has 15 heavy (non-hydrogen) atoms. The Hall–Kier alpha value is -0.420. The molecule has 0 aliphatic heterocycles. The van der Waals surface area contributed by atoms with Gasteiger partial charge in [-0.05, 0) is 23.7 Å². The van der Waals surface area contributed by atoms with E-state index in [0.717, 1.165) is 6.42 Å². The number of hydrogen-bond acceptors (Lipinski definition) is 4. The van der Waals surface area contributed by atoms with Gasteiger partial charge in [0.2, 0.25) is 0 Å². The first-order chi connectivity index (χ1) is 6.68. The molecule has 0 saturated heterocycles. The minimum atomic E-state index is -4.25. The Morgan fingerprint density at radius 1 is 1.47 bits per heavy atom. The Labute approximate surface area is 89.8 Å². The third-order valence-corrected chi connectivity index (χ3v) is 5.41. The third-order valence-electron chi connectivity index (χ3n) is 4.50. The van der Waals surface area contributed by atoms with Gasteiger partial charge < -0.3 is 4.55 Å². The molecule has 0 radical (unpaired) electrons. The Bertz CT molecular complexity index is 409. The van der Waals surface area contributed by atoms with Gasteiger partial charge in [0, 0.05) is 18.1 Å². The average molecular weight is 231 g/mol. The molecule has 0 aromatic heterocycles. The van der Waals surface area contributed by atoms with E-state index in [9.17, 15) is 17.8 Å². The van der Waals surface area contributed by atoms with E-state index in [2.05, 4.69) is 0 Å². The van der Waals surface area contributed by atoms with Crippen LogP contribution in [-0.2, 0) is 14.9 Å². The molecule has 2 bridgehead atoms. The van der Waals surface area contributed by atoms with Crippen LogP contribution in [0, 0.1) is 16.7 Å². The molecule has 2 aliphatic rings. The summed E-state index contributed by atoms with van der Waals surface area (Å²) in [4.78, 5) is 11.6. The van der Waals surface area contributed by atoms with Crippen molar-refractivity contribution in [3.8, 4) is 0 Å². The molecule has 2 unspecified atom stereocenters. The van der Waals surface area contributed by atoms with Gasteiger partial charge in [-0.1, -0.05) is 13.8 Å². The van der Waals surface area contributed by atoms with Crippen LogP contribution in [0.3, 0.4) is 0 Å². The average Bonchev–Trinajstić information content (AvgIpc) is 2.29. The van der Waals surface area contributed by atoms with E-state index in [-0.39, 0.29) is 29.3 Å². The highest BCUT2D eigenvalue weighted by molar-refractivity contribution is 7.85. The molecule has 2 fully saturated rings. The summed E-state index contributed by atoms with van der Waals surface area (Å²) in [6.07, 6.45) is 1.70. The van der Waals surface area contributed by atoms with Crippen molar-refractivity contribution in [1.82, 2.24) is 0 Å². The molecule has 2 atom stereocenters. The van der Waals surface area contributed by atoms with Gasteiger partial charge in [0.05, 0.1) is 10.1 Å². The van der Waals surface area contributed by atoms with Gasteiger partial charge in [0.25, 0.3) is 0 Å². The van der Waals surface area contributed by atoms with Crippen molar-refractivity contribution < 1.29 is 17.8 Å². The quantitative estimate of drug-likeness (QED) is 0.662. The smallest absolute Gasteiger partial charge is 0.137 e. The zero-order chi connectivity index (χ0) is 11.5. The maximum absolute atomic E-state index is 11.6. The maximum atomic E-state index is 11.6. The van der Waals surface area contributed by atoms with E-state index >= 15 is 0 Å². The lowest BCUT2D eigenvalue weighted by atomic mass is 9.71. The minimum Gasteiger partial charge on any atom is -0.748 e. The fraction of sp³-hybridized carbons (Fsp3) is 0.900. The van der Waals surface area contributed by atoms with Crippen LogP contribution in [0.1, 0.15) is 33.1 Å². The van der Waals surface area contributed by atoms with Crippen LogP contribution < -0.4 is 0 Å². The van der Waals surface area contributed by atoms with Crippen molar-refractivity contribution in [1.29, 1.82) is 0 Å². The normalized spacial score (nSPS) is 38.6. The van der Waals surface area contributed by atoms with Crippen LogP contribution in [0.2, 0.25) is 0 Å². The molecule has 0 amide bonds. The second-order valence-corrected chi connectivity index (χ2v) is 6.84. The van der Waals surface area contributed by atoms with Crippen molar-refractivity contribution in [2.45, 2.75) is 33.1 Å². The zero-order valence-electron chi connectivity index (χ0n) is 8.95. The highest BCUT2D eigenvalue weighted by atomic mass is 32.2. The summed E-state index contributed by atoms with van der Waals surface area (Å²) in [5.74, 6) is -0.288. The van der Waals surface area contributed by atoms with Gasteiger partial charge in [-0.3, -0.25) is 4.79 Å².